The second-order valence-electron chi connectivity index (χ2n) is 6.11. The van der Waals surface area contributed by atoms with Crippen LogP contribution in [0.1, 0.15) is 50.0 Å². The molecule has 1 saturated carbocycles. The molecule has 4 nitrogen and oxygen atoms in total. The molecule has 0 unspecified atom stereocenters. The Hall–Kier alpha value is -0.520. The van der Waals surface area contributed by atoms with Crippen LogP contribution in [0, 0.1) is 0 Å². The Balaban J connectivity index is 1.90. The van der Waals surface area contributed by atoms with Gasteiger partial charge in [0, 0.05) is 19.1 Å². The van der Waals surface area contributed by atoms with E-state index in [2.05, 4.69) is 36.3 Å². The lowest BCUT2D eigenvalue weighted by Gasteiger charge is -2.39. The first-order valence-electron chi connectivity index (χ1n) is 6.54. The van der Waals surface area contributed by atoms with Gasteiger partial charge in [0.2, 0.25) is 0 Å². The molecule has 0 aromatic carbocycles. The third-order valence-electron chi connectivity index (χ3n) is 3.45. The molecule has 1 aromatic rings. The van der Waals surface area contributed by atoms with Gasteiger partial charge in [0.1, 0.15) is 10.0 Å². The van der Waals surface area contributed by atoms with E-state index in [1.807, 2.05) is 7.11 Å². The number of hydrogen-bond acceptors (Lipinski definition) is 5. The van der Waals surface area contributed by atoms with Crippen molar-refractivity contribution in [2.24, 2.45) is 0 Å². The SMILES string of the molecule is COC1(Cc2nnc(CNC(C)(C)C)s2)CCC1. The van der Waals surface area contributed by atoms with Crippen LogP contribution in [0.5, 0.6) is 0 Å². The Morgan fingerprint density at radius 3 is 2.44 bits per heavy atom. The number of rotatable bonds is 5. The maximum absolute atomic E-state index is 5.62. The predicted octanol–water partition coefficient (Wildman–Crippen LogP) is 2.54. The van der Waals surface area contributed by atoms with Crippen molar-refractivity contribution in [2.75, 3.05) is 7.11 Å². The molecule has 18 heavy (non-hydrogen) atoms. The molecule has 1 heterocycles. The van der Waals surface area contributed by atoms with Crippen molar-refractivity contribution < 1.29 is 4.74 Å². The van der Waals surface area contributed by atoms with Gasteiger partial charge in [0.05, 0.1) is 12.1 Å². The van der Waals surface area contributed by atoms with E-state index in [0.29, 0.717) is 0 Å². The summed E-state index contributed by atoms with van der Waals surface area (Å²) in [6.45, 7) is 7.26. The van der Waals surface area contributed by atoms with Gasteiger partial charge < -0.3 is 10.1 Å². The Bertz CT molecular complexity index is 388. The molecule has 0 saturated heterocycles. The fourth-order valence-corrected chi connectivity index (χ4v) is 2.99. The smallest absolute Gasteiger partial charge is 0.131 e. The number of ether oxygens (including phenoxy) is 1. The molecule has 1 aromatic heterocycles. The average molecular weight is 269 g/mol. The number of nitrogens with zero attached hydrogens (tertiary/aromatic N) is 2. The summed E-state index contributed by atoms with van der Waals surface area (Å²) in [5.74, 6) is 0. The van der Waals surface area contributed by atoms with Gasteiger partial charge in [-0.05, 0) is 40.0 Å². The highest BCUT2D eigenvalue weighted by atomic mass is 32.1. The maximum atomic E-state index is 5.62. The van der Waals surface area contributed by atoms with Crippen LogP contribution in [0.15, 0.2) is 0 Å². The van der Waals surface area contributed by atoms with Crippen molar-refractivity contribution >= 4 is 11.3 Å². The third kappa shape index (κ3) is 3.49. The lowest BCUT2D eigenvalue weighted by atomic mass is 9.78. The standard InChI is InChI=1S/C13H23N3OS/c1-12(2,3)14-9-11-16-15-10(18-11)8-13(17-4)6-5-7-13/h14H,5-9H2,1-4H3. The normalized spacial score (nSPS) is 18.7. The molecule has 1 aliphatic rings. The molecule has 1 aliphatic carbocycles. The Labute approximate surface area is 113 Å². The molecule has 5 heteroatoms. The second kappa shape index (κ2) is 5.23. The molecular weight excluding hydrogens is 246 g/mol. The minimum absolute atomic E-state index is 0.0499. The lowest BCUT2D eigenvalue weighted by molar-refractivity contribution is -0.0709. The zero-order chi connectivity index (χ0) is 13.2. The highest BCUT2D eigenvalue weighted by molar-refractivity contribution is 7.11. The van der Waals surface area contributed by atoms with Crippen LogP contribution in [0.25, 0.3) is 0 Å². The number of nitrogens with one attached hydrogen (secondary N) is 1. The van der Waals surface area contributed by atoms with Gasteiger partial charge in [-0.2, -0.15) is 0 Å². The van der Waals surface area contributed by atoms with E-state index in [0.717, 1.165) is 35.8 Å². The monoisotopic (exact) mass is 269 g/mol. The van der Waals surface area contributed by atoms with Gasteiger partial charge in [-0.15, -0.1) is 21.5 Å². The summed E-state index contributed by atoms with van der Waals surface area (Å²) >= 11 is 1.70. The van der Waals surface area contributed by atoms with Crippen molar-refractivity contribution in [3.63, 3.8) is 0 Å². The summed E-state index contributed by atoms with van der Waals surface area (Å²) in [4.78, 5) is 0. The first kappa shape index (κ1) is 13.9. The van der Waals surface area contributed by atoms with Crippen molar-refractivity contribution in [1.82, 2.24) is 15.5 Å². The van der Waals surface area contributed by atoms with Crippen molar-refractivity contribution in [2.45, 2.75) is 64.1 Å². The first-order chi connectivity index (χ1) is 8.42. The average Bonchev–Trinajstić information content (AvgIpc) is 2.67. The van der Waals surface area contributed by atoms with Gasteiger partial charge in [0.15, 0.2) is 0 Å². The summed E-state index contributed by atoms with van der Waals surface area (Å²) in [6, 6.07) is 0. The van der Waals surface area contributed by atoms with E-state index < -0.39 is 0 Å². The minimum atomic E-state index is 0.0499. The van der Waals surface area contributed by atoms with Crippen molar-refractivity contribution in [3.8, 4) is 0 Å². The summed E-state index contributed by atoms with van der Waals surface area (Å²) < 4.78 is 5.62. The molecule has 0 amide bonds. The van der Waals surface area contributed by atoms with Gasteiger partial charge >= 0.3 is 0 Å². The minimum Gasteiger partial charge on any atom is -0.378 e. The van der Waals surface area contributed by atoms with Crippen LogP contribution in [0.3, 0.4) is 0 Å². The van der Waals surface area contributed by atoms with Gasteiger partial charge in [-0.25, -0.2) is 0 Å². The number of hydrogen-bond donors (Lipinski definition) is 1. The molecular formula is C13H23N3OS. The second-order valence-corrected chi connectivity index (χ2v) is 7.26. The highest BCUT2D eigenvalue weighted by Crippen LogP contribution is 2.38. The molecule has 102 valence electrons. The van der Waals surface area contributed by atoms with Crippen LogP contribution in [0.4, 0.5) is 0 Å². The van der Waals surface area contributed by atoms with E-state index in [1.165, 1.54) is 6.42 Å². The topological polar surface area (TPSA) is 47.0 Å². The summed E-state index contributed by atoms with van der Waals surface area (Å²) in [5.41, 5.74) is 0.168. The first-order valence-corrected chi connectivity index (χ1v) is 7.36. The van der Waals surface area contributed by atoms with Crippen molar-refractivity contribution in [1.29, 1.82) is 0 Å². The Kier molecular flexibility index (Phi) is 4.04. The lowest BCUT2D eigenvalue weighted by Crippen LogP contribution is -2.41. The van der Waals surface area contributed by atoms with Crippen LogP contribution in [-0.2, 0) is 17.7 Å². The maximum Gasteiger partial charge on any atom is 0.131 e. The molecule has 1 N–H and O–H groups in total. The zero-order valence-electron chi connectivity index (χ0n) is 11.7. The number of methoxy groups -OCH3 is 1. The zero-order valence-corrected chi connectivity index (χ0v) is 12.6. The van der Waals surface area contributed by atoms with E-state index in [1.54, 1.807) is 11.3 Å². The van der Waals surface area contributed by atoms with E-state index in [4.69, 9.17) is 4.74 Å². The van der Waals surface area contributed by atoms with Gasteiger partial charge in [0.25, 0.3) is 0 Å². The van der Waals surface area contributed by atoms with E-state index in [-0.39, 0.29) is 11.1 Å². The van der Waals surface area contributed by atoms with Crippen molar-refractivity contribution in [3.05, 3.63) is 10.0 Å². The summed E-state index contributed by atoms with van der Waals surface area (Å²) in [5, 5.41) is 14.1. The number of aromatic nitrogens is 2. The molecule has 0 bridgehead atoms. The fourth-order valence-electron chi connectivity index (χ4n) is 2.07. The summed E-state index contributed by atoms with van der Waals surface area (Å²) in [6.07, 6.45) is 4.49. The predicted molar refractivity (Wildman–Crippen MR) is 73.8 cm³/mol. The Morgan fingerprint density at radius 2 is 1.94 bits per heavy atom. The van der Waals surface area contributed by atoms with Gasteiger partial charge in [-0.1, -0.05) is 0 Å². The highest BCUT2D eigenvalue weighted by Gasteiger charge is 2.38. The molecule has 0 aliphatic heterocycles. The van der Waals surface area contributed by atoms with Gasteiger partial charge in [-0.3, -0.25) is 0 Å². The van der Waals surface area contributed by atoms with Crippen LogP contribution < -0.4 is 5.32 Å². The molecule has 2 rings (SSSR count). The fraction of sp³-hybridized carbons (Fsp3) is 0.846. The quantitative estimate of drug-likeness (QED) is 0.892. The molecule has 0 radical (unpaired) electrons. The third-order valence-corrected chi connectivity index (χ3v) is 4.37. The largest absolute Gasteiger partial charge is 0.378 e. The van der Waals surface area contributed by atoms with Crippen LogP contribution in [0.2, 0.25) is 0 Å². The summed E-state index contributed by atoms with van der Waals surface area (Å²) in [7, 11) is 1.81. The van der Waals surface area contributed by atoms with Crippen LogP contribution >= 0.6 is 11.3 Å². The molecule has 0 atom stereocenters. The van der Waals surface area contributed by atoms with E-state index >= 15 is 0 Å². The van der Waals surface area contributed by atoms with E-state index in [9.17, 15) is 0 Å². The Morgan fingerprint density at radius 1 is 1.28 bits per heavy atom. The molecule has 1 fully saturated rings. The molecule has 0 spiro atoms. The van der Waals surface area contributed by atoms with Crippen LogP contribution in [-0.4, -0.2) is 28.4 Å².